The molecule has 0 amide bonds. The summed E-state index contributed by atoms with van der Waals surface area (Å²) < 4.78 is 5.68. The van der Waals surface area contributed by atoms with Crippen molar-refractivity contribution in [2.75, 3.05) is 7.11 Å². The van der Waals surface area contributed by atoms with E-state index in [4.69, 9.17) is 4.74 Å². The van der Waals surface area contributed by atoms with Crippen molar-refractivity contribution in [1.29, 1.82) is 0 Å². The molecular formula is C14H24O. The minimum atomic E-state index is 0.533. The lowest BCUT2D eigenvalue weighted by atomic mass is 9.71. The number of methoxy groups -OCH3 is 1. The highest BCUT2D eigenvalue weighted by molar-refractivity contribution is 5.09. The van der Waals surface area contributed by atoms with Crippen LogP contribution in [-0.2, 0) is 4.74 Å². The Hall–Kier alpha value is -0.300. The lowest BCUT2D eigenvalue weighted by molar-refractivity contribution is 0.00261. The standard InChI is InChI=1S/C14H24O/c1-11-7-3-4-8-12(11)13-9-5-6-10-14(13)15-2/h7,12-14H,3-6,8-10H2,1-2H3. The third-order valence-corrected chi connectivity index (χ3v) is 4.34. The molecule has 0 bridgehead atoms. The fourth-order valence-corrected chi connectivity index (χ4v) is 3.48. The monoisotopic (exact) mass is 208 g/mol. The van der Waals surface area contributed by atoms with Crippen molar-refractivity contribution >= 4 is 0 Å². The average Bonchev–Trinajstić information content (AvgIpc) is 2.30. The largest absolute Gasteiger partial charge is 0.381 e. The van der Waals surface area contributed by atoms with Crippen molar-refractivity contribution < 1.29 is 4.74 Å². The maximum Gasteiger partial charge on any atom is 0.0605 e. The van der Waals surface area contributed by atoms with Gasteiger partial charge in [0.2, 0.25) is 0 Å². The third kappa shape index (κ3) is 2.44. The zero-order chi connectivity index (χ0) is 10.7. The molecule has 2 aliphatic carbocycles. The second-order valence-corrected chi connectivity index (χ2v) is 5.21. The van der Waals surface area contributed by atoms with Gasteiger partial charge in [0, 0.05) is 7.11 Å². The predicted molar refractivity (Wildman–Crippen MR) is 63.9 cm³/mol. The summed E-state index contributed by atoms with van der Waals surface area (Å²) in [6.45, 7) is 2.32. The van der Waals surface area contributed by atoms with Crippen LogP contribution < -0.4 is 0 Å². The lowest BCUT2D eigenvalue weighted by Gasteiger charge is -2.38. The van der Waals surface area contributed by atoms with Gasteiger partial charge >= 0.3 is 0 Å². The topological polar surface area (TPSA) is 9.23 Å². The molecule has 86 valence electrons. The number of hydrogen-bond donors (Lipinski definition) is 0. The minimum absolute atomic E-state index is 0.533. The zero-order valence-electron chi connectivity index (χ0n) is 10.2. The first-order valence-corrected chi connectivity index (χ1v) is 6.52. The molecular weight excluding hydrogens is 184 g/mol. The Balaban J connectivity index is 2.06. The van der Waals surface area contributed by atoms with Crippen molar-refractivity contribution in [3.63, 3.8) is 0 Å². The fraction of sp³-hybridized carbons (Fsp3) is 0.857. The number of ether oxygens (including phenoxy) is 1. The predicted octanol–water partition coefficient (Wildman–Crippen LogP) is 3.94. The van der Waals surface area contributed by atoms with Gasteiger partial charge in [0.15, 0.2) is 0 Å². The maximum atomic E-state index is 5.68. The van der Waals surface area contributed by atoms with Gasteiger partial charge in [-0.3, -0.25) is 0 Å². The van der Waals surface area contributed by atoms with Crippen LogP contribution in [0.25, 0.3) is 0 Å². The zero-order valence-corrected chi connectivity index (χ0v) is 10.2. The second-order valence-electron chi connectivity index (χ2n) is 5.21. The fourth-order valence-electron chi connectivity index (χ4n) is 3.48. The molecule has 1 saturated carbocycles. The molecule has 0 aromatic carbocycles. The van der Waals surface area contributed by atoms with Crippen molar-refractivity contribution in [1.82, 2.24) is 0 Å². The van der Waals surface area contributed by atoms with Crippen LogP contribution >= 0.6 is 0 Å². The van der Waals surface area contributed by atoms with Crippen LogP contribution in [0.15, 0.2) is 11.6 Å². The Kier molecular flexibility index (Phi) is 3.85. The Morgan fingerprint density at radius 3 is 2.67 bits per heavy atom. The van der Waals surface area contributed by atoms with Gasteiger partial charge in [-0.15, -0.1) is 0 Å². The van der Waals surface area contributed by atoms with Crippen LogP contribution in [0.2, 0.25) is 0 Å². The van der Waals surface area contributed by atoms with Crippen LogP contribution in [0.3, 0.4) is 0 Å². The Morgan fingerprint density at radius 1 is 1.13 bits per heavy atom. The van der Waals surface area contributed by atoms with Gasteiger partial charge in [-0.25, -0.2) is 0 Å². The molecule has 2 aliphatic rings. The van der Waals surface area contributed by atoms with E-state index in [-0.39, 0.29) is 0 Å². The highest BCUT2D eigenvalue weighted by Crippen LogP contribution is 2.39. The van der Waals surface area contributed by atoms with E-state index in [1.54, 1.807) is 5.57 Å². The van der Waals surface area contributed by atoms with Gasteiger partial charge in [0.05, 0.1) is 6.10 Å². The maximum absolute atomic E-state index is 5.68. The minimum Gasteiger partial charge on any atom is -0.381 e. The quantitative estimate of drug-likeness (QED) is 0.625. The molecule has 0 aromatic rings. The molecule has 1 heteroatoms. The molecule has 2 rings (SSSR count). The number of hydrogen-bond acceptors (Lipinski definition) is 1. The van der Waals surface area contributed by atoms with Gasteiger partial charge < -0.3 is 4.74 Å². The average molecular weight is 208 g/mol. The first-order chi connectivity index (χ1) is 7.33. The summed E-state index contributed by atoms with van der Waals surface area (Å²) in [7, 11) is 1.89. The van der Waals surface area contributed by atoms with E-state index in [9.17, 15) is 0 Å². The molecule has 1 fully saturated rings. The first kappa shape index (κ1) is 11.2. The molecule has 3 unspecified atom stereocenters. The summed E-state index contributed by atoms with van der Waals surface area (Å²) >= 11 is 0. The van der Waals surface area contributed by atoms with E-state index in [1.807, 2.05) is 7.11 Å². The van der Waals surface area contributed by atoms with E-state index in [0.29, 0.717) is 6.10 Å². The van der Waals surface area contributed by atoms with Crippen molar-refractivity contribution in [3.05, 3.63) is 11.6 Å². The Bertz CT molecular complexity index is 231. The van der Waals surface area contributed by atoms with Crippen LogP contribution in [0.4, 0.5) is 0 Å². The molecule has 0 aromatic heterocycles. The van der Waals surface area contributed by atoms with Crippen LogP contribution in [0, 0.1) is 11.8 Å². The highest BCUT2D eigenvalue weighted by Gasteiger charge is 2.33. The smallest absolute Gasteiger partial charge is 0.0605 e. The molecule has 0 radical (unpaired) electrons. The molecule has 0 N–H and O–H groups in total. The van der Waals surface area contributed by atoms with Gasteiger partial charge in [0.25, 0.3) is 0 Å². The van der Waals surface area contributed by atoms with E-state index in [2.05, 4.69) is 13.0 Å². The third-order valence-electron chi connectivity index (χ3n) is 4.34. The molecule has 3 atom stereocenters. The summed E-state index contributed by atoms with van der Waals surface area (Å²) in [6, 6.07) is 0. The molecule has 0 heterocycles. The molecule has 15 heavy (non-hydrogen) atoms. The SMILES string of the molecule is COC1CCCCC1C1CCCC=C1C. The van der Waals surface area contributed by atoms with Gasteiger partial charge in [0.1, 0.15) is 0 Å². The molecule has 0 aliphatic heterocycles. The number of rotatable bonds is 2. The van der Waals surface area contributed by atoms with E-state index < -0.39 is 0 Å². The number of allylic oxidation sites excluding steroid dienone is 2. The van der Waals surface area contributed by atoms with Gasteiger partial charge in [-0.1, -0.05) is 24.5 Å². The van der Waals surface area contributed by atoms with Crippen molar-refractivity contribution in [2.24, 2.45) is 11.8 Å². The van der Waals surface area contributed by atoms with Gasteiger partial charge in [-0.2, -0.15) is 0 Å². The normalized spacial score (nSPS) is 37.5. The first-order valence-electron chi connectivity index (χ1n) is 6.52. The van der Waals surface area contributed by atoms with Crippen LogP contribution in [0.5, 0.6) is 0 Å². The summed E-state index contributed by atoms with van der Waals surface area (Å²) in [5.41, 5.74) is 1.63. The summed E-state index contributed by atoms with van der Waals surface area (Å²) in [6.07, 6.45) is 12.5. The Labute approximate surface area is 93.9 Å². The molecule has 1 nitrogen and oxygen atoms in total. The van der Waals surface area contributed by atoms with Crippen molar-refractivity contribution in [3.8, 4) is 0 Å². The van der Waals surface area contributed by atoms with Crippen LogP contribution in [-0.4, -0.2) is 13.2 Å². The van der Waals surface area contributed by atoms with E-state index in [1.165, 1.54) is 44.9 Å². The van der Waals surface area contributed by atoms with E-state index in [0.717, 1.165) is 11.8 Å². The van der Waals surface area contributed by atoms with Crippen LogP contribution in [0.1, 0.15) is 51.9 Å². The lowest BCUT2D eigenvalue weighted by Crippen LogP contribution is -2.33. The molecule has 0 spiro atoms. The summed E-state index contributed by atoms with van der Waals surface area (Å²) in [5.74, 6) is 1.63. The highest BCUT2D eigenvalue weighted by atomic mass is 16.5. The summed E-state index contributed by atoms with van der Waals surface area (Å²) in [5, 5.41) is 0. The summed E-state index contributed by atoms with van der Waals surface area (Å²) in [4.78, 5) is 0. The van der Waals surface area contributed by atoms with Gasteiger partial charge in [-0.05, 0) is 50.9 Å². The van der Waals surface area contributed by atoms with Crippen molar-refractivity contribution in [2.45, 2.75) is 58.0 Å². The second kappa shape index (κ2) is 5.16. The Morgan fingerprint density at radius 2 is 1.93 bits per heavy atom. The molecule has 0 saturated heterocycles. The van der Waals surface area contributed by atoms with E-state index >= 15 is 0 Å².